The molecule has 4 unspecified atom stereocenters. The average molecular weight is 393 g/mol. The van der Waals surface area contributed by atoms with Gasteiger partial charge in [-0.15, -0.1) is 0 Å². The minimum absolute atomic E-state index is 0.498. The van der Waals surface area contributed by atoms with Gasteiger partial charge in [0, 0.05) is 22.6 Å². The number of carbonyl (C=O) groups excluding carboxylic acids is 1. The summed E-state index contributed by atoms with van der Waals surface area (Å²) in [4.78, 5) is 8.00. The maximum absolute atomic E-state index is 8.00. The molecular formula is C21H26Cl2N2O. The molecule has 3 nitrogen and oxygen atoms in total. The number of hydrogen-bond donors (Lipinski definition) is 2. The summed E-state index contributed by atoms with van der Waals surface area (Å²) >= 11 is 12.6. The van der Waals surface area contributed by atoms with Crippen molar-refractivity contribution in [2.24, 2.45) is 11.7 Å². The van der Waals surface area contributed by atoms with Crippen molar-refractivity contribution in [3.63, 3.8) is 0 Å². The van der Waals surface area contributed by atoms with E-state index in [-0.39, 0.29) is 0 Å². The van der Waals surface area contributed by atoms with Crippen molar-refractivity contribution in [1.29, 1.82) is 0 Å². The SMILES string of the molecule is C=O.CN.Clc1ccc(C2C(c3ccccc3Cl)CCC3NCC32)cc1. The second-order valence-electron chi connectivity index (χ2n) is 6.46. The lowest BCUT2D eigenvalue weighted by atomic mass is 9.62. The molecule has 1 aliphatic carbocycles. The lowest BCUT2D eigenvalue weighted by Crippen LogP contribution is -2.58. The Hall–Kier alpha value is -1.39. The average Bonchev–Trinajstić information content (AvgIpc) is 2.67. The molecule has 2 aliphatic rings. The molecule has 3 N–H and O–H groups in total. The zero-order chi connectivity index (χ0) is 19.1. The van der Waals surface area contributed by atoms with Crippen LogP contribution < -0.4 is 11.1 Å². The standard InChI is InChI=1S/C19H19Cl2N.CH5N.CH2O/c20-13-7-5-12(6-8-13)19-15(9-10-18-16(19)11-22-18)14-3-1-2-4-17(14)21;2*1-2/h1-8,15-16,18-19,22H,9-11H2;2H2,1H3;1H2. The van der Waals surface area contributed by atoms with Gasteiger partial charge < -0.3 is 15.8 Å². The van der Waals surface area contributed by atoms with E-state index in [4.69, 9.17) is 28.0 Å². The van der Waals surface area contributed by atoms with Crippen LogP contribution >= 0.6 is 23.2 Å². The summed E-state index contributed by atoms with van der Waals surface area (Å²) in [5.41, 5.74) is 7.19. The van der Waals surface area contributed by atoms with Crippen molar-refractivity contribution in [2.75, 3.05) is 13.6 Å². The molecule has 1 saturated heterocycles. The molecule has 1 aliphatic heterocycles. The van der Waals surface area contributed by atoms with Crippen LogP contribution in [0.4, 0.5) is 0 Å². The number of hydrogen-bond acceptors (Lipinski definition) is 3. The van der Waals surface area contributed by atoms with E-state index in [9.17, 15) is 0 Å². The molecular weight excluding hydrogens is 367 g/mol. The summed E-state index contributed by atoms with van der Waals surface area (Å²) in [5, 5.41) is 5.29. The van der Waals surface area contributed by atoms with Crippen LogP contribution in [-0.2, 0) is 4.79 Å². The molecule has 0 radical (unpaired) electrons. The maximum atomic E-state index is 8.00. The summed E-state index contributed by atoms with van der Waals surface area (Å²) in [6, 6.07) is 17.4. The van der Waals surface area contributed by atoms with Gasteiger partial charge in [-0.05, 0) is 67.0 Å². The number of fused-ring (bicyclic) bond motifs is 1. The fourth-order valence-electron chi connectivity index (χ4n) is 4.24. The summed E-state index contributed by atoms with van der Waals surface area (Å²) in [5.74, 6) is 1.73. The van der Waals surface area contributed by atoms with Gasteiger partial charge in [0.15, 0.2) is 0 Å². The van der Waals surface area contributed by atoms with Crippen molar-refractivity contribution >= 4 is 30.0 Å². The quantitative estimate of drug-likeness (QED) is 0.782. The molecule has 1 heterocycles. The van der Waals surface area contributed by atoms with Gasteiger partial charge in [-0.1, -0.05) is 53.5 Å². The topological polar surface area (TPSA) is 55.1 Å². The van der Waals surface area contributed by atoms with Gasteiger partial charge in [-0.25, -0.2) is 0 Å². The molecule has 4 atom stereocenters. The molecule has 26 heavy (non-hydrogen) atoms. The smallest absolute Gasteiger partial charge is 0.106 e. The Balaban J connectivity index is 0.000000570. The summed E-state index contributed by atoms with van der Waals surface area (Å²) in [6.07, 6.45) is 2.43. The maximum Gasteiger partial charge on any atom is 0.106 e. The van der Waals surface area contributed by atoms with E-state index in [1.54, 1.807) is 0 Å². The molecule has 0 bridgehead atoms. The third kappa shape index (κ3) is 4.29. The first-order chi connectivity index (χ1) is 12.7. The summed E-state index contributed by atoms with van der Waals surface area (Å²) in [7, 11) is 1.50. The highest BCUT2D eigenvalue weighted by atomic mass is 35.5. The molecule has 0 spiro atoms. The molecule has 1 saturated carbocycles. The Morgan fingerprint density at radius 2 is 1.65 bits per heavy atom. The number of nitrogens with one attached hydrogen (secondary N) is 1. The summed E-state index contributed by atoms with van der Waals surface area (Å²) < 4.78 is 0. The predicted octanol–water partition coefficient (Wildman–Crippen LogP) is 4.63. The van der Waals surface area contributed by atoms with Crippen molar-refractivity contribution < 1.29 is 4.79 Å². The van der Waals surface area contributed by atoms with E-state index in [0.29, 0.717) is 23.8 Å². The lowest BCUT2D eigenvalue weighted by Gasteiger charge is -2.51. The van der Waals surface area contributed by atoms with Crippen LogP contribution in [0.1, 0.15) is 35.8 Å². The molecule has 0 aromatic heterocycles. The normalized spacial score (nSPS) is 26.2. The molecule has 2 aromatic rings. The predicted molar refractivity (Wildman–Crippen MR) is 110 cm³/mol. The van der Waals surface area contributed by atoms with Crippen LogP contribution in [0.5, 0.6) is 0 Å². The molecule has 2 fully saturated rings. The van der Waals surface area contributed by atoms with Crippen LogP contribution in [0.2, 0.25) is 10.0 Å². The third-order valence-corrected chi connectivity index (χ3v) is 5.97. The first kappa shape index (κ1) is 20.9. The van der Waals surface area contributed by atoms with E-state index in [0.717, 1.165) is 16.6 Å². The molecule has 2 aromatic carbocycles. The first-order valence-corrected chi connectivity index (χ1v) is 9.59. The molecule has 140 valence electrons. The van der Waals surface area contributed by atoms with Crippen molar-refractivity contribution in [3.05, 3.63) is 69.7 Å². The Morgan fingerprint density at radius 3 is 2.23 bits per heavy atom. The van der Waals surface area contributed by atoms with E-state index in [1.807, 2.05) is 31.1 Å². The van der Waals surface area contributed by atoms with Crippen LogP contribution in [0, 0.1) is 5.92 Å². The van der Waals surface area contributed by atoms with Gasteiger partial charge in [-0.3, -0.25) is 0 Å². The van der Waals surface area contributed by atoms with E-state index >= 15 is 0 Å². The first-order valence-electron chi connectivity index (χ1n) is 8.84. The zero-order valence-electron chi connectivity index (χ0n) is 15.0. The van der Waals surface area contributed by atoms with E-state index in [1.165, 1.54) is 31.0 Å². The number of benzene rings is 2. The molecule has 0 amide bonds. The minimum Gasteiger partial charge on any atom is -0.333 e. The van der Waals surface area contributed by atoms with Gasteiger partial charge >= 0.3 is 0 Å². The Bertz CT molecular complexity index is 693. The fraction of sp³-hybridized carbons (Fsp3) is 0.381. The number of nitrogens with two attached hydrogens (primary N) is 1. The summed E-state index contributed by atoms with van der Waals surface area (Å²) in [6.45, 7) is 3.11. The highest BCUT2D eigenvalue weighted by Crippen LogP contribution is 2.51. The number of rotatable bonds is 2. The van der Waals surface area contributed by atoms with Crippen molar-refractivity contribution in [1.82, 2.24) is 5.32 Å². The second-order valence-corrected chi connectivity index (χ2v) is 7.30. The van der Waals surface area contributed by atoms with Crippen LogP contribution in [0.3, 0.4) is 0 Å². The molecule has 5 heteroatoms. The third-order valence-electron chi connectivity index (χ3n) is 5.38. The van der Waals surface area contributed by atoms with Crippen molar-refractivity contribution in [3.8, 4) is 0 Å². The van der Waals surface area contributed by atoms with Gasteiger partial charge in [0.2, 0.25) is 0 Å². The highest BCUT2D eigenvalue weighted by Gasteiger charge is 2.45. The van der Waals surface area contributed by atoms with Gasteiger partial charge in [-0.2, -0.15) is 0 Å². The van der Waals surface area contributed by atoms with Crippen LogP contribution in [0.15, 0.2) is 48.5 Å². The fourth-order valence-corrected chi connectivity index (χ4v) is 4.64. The Morgan fingerprint density at radius 1 is 1.00 bits per heavy atom. The minimum atomic E-state index is 0.498. The largest absolute Gasteiger partial charge is 0.333 e. The Labute approximate surface area is 165 Å². The van der Waals surface area contributed by atoms with E-state index < -0.39 is 0 Å². The molecule has 4 rings (SSSR count). The van der Waals surface area contributed by atoms with Gasteiger partial charge in [0.1, 0.15) is 6.79 Å². The van der Waals surface area contributed by atoms with Crippen LogP contribution in [-0.4, -0.2) is 26.4 Å². The highest BCUT2D eigenvalue weighted by molar-refractivity contribution is 6.31. The van der Waals surface area contributed by atoms with Crippen LogP contribution in [0.25, 0.3) is 0 Å². The van der Waals surface area contributed by atoms with Gasteiger partial charge in [0.05, 0.1) is 0 Å². The van der Waals surface area contributed by atoms with E-state index in [2.05, 4.69) is 35.3 Å². The number of halogens is 2. The zero-order valence-corrected chi connectivity index (χ0v) is 16.5. The van der Waals surface area contributed by atoms with Gasteiger partial charge in [0.25, 0.3) is 0 Å². The number of carbonyl (C=O) groups is 1. The second kappa shape index (κ2) is 10.1. The van der Waals surface area contributed by atoms with Crippen molar-refractivity contribution in [2.45, 2.75) is 30.7 Å². The lowest BCUT2D eigenvalue weighted by molar-refractivity contribution is -0.0979. The Kier molecular flexibility index (Phi) is 8.11. The monoisotopic (exact) mass is 392 g/mol.